The van der Waals surface area contributed by atoms with E-state index in [2.05, 4.69) is 0 Å². The molecule has 1 N–H and O–H groups in total. The molecule has 0 atom stereocenters. The first-order valence-corrected chi connectivity index (χ1v) is 4.90. The normalized spacial score (nSPS) is 17.6. The highest BCUT2D eigenvalue weighted by molar-refractivity contribution is 5.87. The Morgan fingerprint density at radius 3 is 2.27 bits per heavy atom. The van der Waals surface area contributed by atoms with Crippen molar-refractivity contribution >= 4 is 5.97 Å². The fourth-order valence-corrected chi connectivity index (χ4v) is 1.81. The van der Waals surface area contributed by atoms with Gasteiger partial charge in [0.15, 0.2) is 0 Å². The quantitative estimate of drug-likeness (QED) is 0.745. The van der Waals surface area contributed by atoms with Crippen molar-refractivity contribution in [1.29, 1.82) is 0 Å². The molecule has 0 heterocycles. The number of rotatable bonds is 2. The summed E-state index contributed by atoms with van der Waals surface area (Å²) in [6.45, 7) is 0. The number of benzene rings is 1. The van der Waals surface area contributed by atoms with Crippen molar-refractivity contribution in [2.75, 3.05) is 0 Å². The van der Waals surface area contributed by atoms with Gasteiger partial charge in [0.1, 0.15) is 5.41 Å². The second-order valence-corrected chi connectivity index (χ2v) is 3.58. The van der Waals surface area contributed by atoms with E-state index in [1.54, 1.807) is 12.2 Å². The minimum Gasteiger partial charge on any atom is -0.480 e. The van der Waals surface area contributed by atoms with Crippen LogP contribution in [0.4, 0.5) is 0 Å². The highest BCUT2D eigenvalue weighted by Gasteiger charge is 2.35. The van der Waals surface area contributed by atoms with Crippen LogP contribution in [0.5, 0.6) is 0 Å². The highest BCUT2D eigenvalue weighted by atomic mass is 16.4. The lowest BCUT2D eigenvalue weighted by Crippen LogP contribution is -2.32. The van der Waals surface area contributed by atoms with Gasteiger partial charge in [-0.1, -0.05) is 54.6 Å². The predicted octanol–water partition coefficient (Wildman–Crippen LogP) is 2.53. The van der Waals surface area contributed by atoms with Gasteiger partial charge in [-0.25, -0.2) is 0 Å². The van der Waals surface area contributed by atoms with Crippen LogP contribution in [0.15, 0.2) is 54.6 Å². The topological polar surface area (TPSA) is 37.3 Å². The molecule has 15 heavy (non-hydrogen) atoms. The number of carboxylic acids is 1. The van der Waals surface area contributed by atoms with Crippen LogP contribution >= 0.6 is 0 Å². The number of carbonyl (C=O) groups is 1. The molecule has 2 heteroatoms. The van der Waals surface area contributed by atoms with Crippen molar-refractivity contribution < 1.29 is 9.90 Å². The molecule has 2 nitrogen and oxygen atoms in total. The molecule has 0 saturated carbocycles. The van der Waals surface area contributed by atoms with Crippen LogP contribution in [0, 0.1) is 0 Å². The Bertz CT molecular complexity index is 403. The van der Waals surface area contributed by atoms with Crippen LogP contribution in [-0.2, 0) is 10.2 Å². The first kappa shape index (κ1) is 9.71. The van der Waals surface area contributed by atoms with E-state index in [9.17, 15) is 9.90 Å². The third-order valence-electron chi connectivity index (χ3n) is 2.64. The van der Waals surface area contributed by atoms with Gasteiger partial charge < -0.3 is 5.11 Å². The van der Waals surface area contributed by atoms with Crippen molar-refractivity contribution in [2.45, 2.75) is 11.8 Å². The van der Waals surface area contributed by atoms with Gasteiger partial charge in [-0.2, -0.15) is 0 Å². The molecule has 0 aromatic heterocycles. The van der Waals surface area contributed by atoms with Crippen molar-refractivity contribution in [1.82, 2.24) is 0 Å². The van der Waals surface area contributed by atoms with Crippen LogP contribution < -0.4 is 0 Å². The molecule has 1 aromatic carbocycles. The summed E-state index contributed by atoms with van der Waals surface area (Å²) in [5.41, 5.74) is -0.177. The summed E-state index contributed by atoms with van der Waals surface area (Å²) in [5, 5.41) is 9.34. The predicted molar refractivity (Wildman–Crippen MR) is 58.7 cm³/mol. The van der Waals surface area contributed by atoms with Crippen molar-refractivity contribution in [3.05, 3.63) is 60.2 Å². The molecule has 0 fully saturated rings. The molecule has 0 radical (unpaired) electrons. The van der Waals surface area contributed by atoms with E-state index in [0.717, 1.165) is 12.0 Å². The van der Waals surface area contributed by atoms with E-state index in [1.165, 1.54) is 0 Å². The highest BCUT2D eigenvalue weighted by Crippen LogP contribution is 2.30. The molecular weight excluding hydrogens is 188 g/mol. The number of hydrogen-bond donors (Lipinski definition) is 1. The maximum absolute atomic E-state index is 11.4. The van der Waals surface area contributed by atoms with Gasteiger partial charge >= 0.3 is 5.97 Å². The molecule has 2 rings (SSSR count). The Morgan fingerprint density at radius 1 is 1.13 bits per heavy atom. The molecule has 0 saturated heterocycles. The second-order valence-electron chi connectivity index (χ2n) is 3.58. The summed E-state index contributed by atoms with van der Waals surface area (Å²) in [7, 11) is 0. The lowest BCUT2D eigenvalue weighted by molar-refractivity contribution is -0.140. The largest absolute Gasteiger partial charge is 0.480 e. The smallest absolute Gasteiger partial charge is 0.321 e. The molecular formula is C13H12O2. The van der Waals surface area contributed by atoms with Gasteiger partial charge in [-0.05, 0) is 12.0 Å². The van der Waals surface area contributed by atoms with Crippen LogP contribution in [-0.4, -0.2) is 11.1 Å². The van der Waals surface area contributed by atoms with Crippen LogP contribution in [0.25, 0.3) is 0 Å². The van der Waals surface area contributed by atoms with E-state index >= 15 is 0 Å². The van der Waals surface area contributed by atoms with Crippen LogP contribution in [0.1, 0.15) is 12.0 Å². The van der Waals surface area contributed by atoms with E-state index in [-0.39, 0.29) is 0 Å². The second kappa shape index (κ2) is 3.73. The van der Waals surface area contributed by atoms with Crippen LogP contribution in [0.3, 0.4) is 0 Å². The zero-order chi connectivity index (χ0) is 10.7. The summed E-state index contributed by atoms with van der Waals surface area (Å²) in [4.78, 5) is 11.4. The summed E-state index contributed by atoms with van der Waals surface area (Å²) in [6, 6.07) is 9.28. The molecule has 76 valence electrons. The Morgan fingerprint density at radius 2 is 1.73 bits per heavy atom. The first-order valence-electron chi connectivity index (χ1n) is 4.90. The maximum atomic E-state index is 11.4. The van der Waals surface area contributed by atoms with E-state index in [0.29, 0.717) is 0 Å². The van der Waals surface area contributed by atoms with Crippen molar-refractivity contribution in [3.8, 4) is 0 Å². The molecule has 0 spiro atoms. The Labute approximate surface area is 88.6 Å². The van der Waals surface area contributed by atoms with Gasteiger partial charge in [0, 0.05) is 0 Å². The maximum Gasteiger partial charge on any atom is 0.321 e. The Balaban J connectivity index is 2.53. The van der Waals surface area contributed by atoms with Crippen LogP contribution in [0.2, 0.25) is 0 Å². The van der Waals surface area contributed by atoms with E-state index < -0.39 is 11.4 Å². The lowest BCUT2D eigenvalue weighted by Gasteiger charge is -2.24. The molecule has 0 aliphatic heterocycles. The average Bonchev–Trinajstić information content (AvgIpc) is 2.31. The summed E-state index contributed by atoms with van der Waals surface area (Å²) < 4.78 is 0. The summed E-state index contributed by atoms with van der Waals surface area (Å²) >= 11 is 0. The van der Waals surface area contributed by atoms with E-state index in [4.69, 9.17) is 0 Å². The minimum atomic E-state index is -0.973. The van der Waals surface area contributed by atoms with Gasteiger partial charge in [-0.3, -0.25) is 4.79 Å². The van der Waals surface area contributed by atoms with Gasteiger partial charge in [0.2, 0.25) is 0 Å². The number of carboxylic acid groups (broad SMARTS) is 1. The number of allylic oxidation sites excluding steroid dienone is 2. The molecule has 1 aliphatic carbocycles. The lowest BCUT2D eigenvalue weighted by atomic mass is 9.78. The van der Waals surface area contributed by atoms with Gasteiger partial charge in [0.05, 0.1) is 0 Å². The summed E-state index contributed by atoms with van der Waals surface area (Å²) in [6.07, 6.45) is 8.10. The fraction of sp³-hybridized carbons (Fsp3) is 0.154. The van der Waals surface area contributed by atoms with Crippen molar-refractivity contribution in [3.63, 3.8) is 0 Å². The van der Waals surface area contributed by atoms with Crippen molar-refractivity contribution in [2.24, 2.45) is 0 Å². The monoisotopic (exact) mass is 200 g/mol. The summed E-state index contributed by atoms with van der Waals surface area (Å²) in [5.74, 6) is -0.833. The molecule has 1 aromatic rings. The zero-order valence-electron chi connectivity index (χ0n) is 8.26. The van der Waals surface area contributed by atoms with Gasteiger partial charge in [0.25, 0.3) is 0 Å². The Kier molecular flexibility index (Phi) is 2.42. The zero-order valence-corrected chi connectivity index (χ0v) is 8.26. The molecule has 0 bridgehead atoms. The SMILES string of the molecule is O=C(O)C1(c2ccccc2)C=CCC=C1. The fourth-order valence-electron chi connectivity index (χ4n) is 1.81. The minimum absolute atomic E-state index is 0.796. The standard InChI is InChI=1S/C13H12O2/c14-12(15)13(9-5-2-6-10-13)11-7-3-1-4-8-11/h1,3-10H,2H2,(H,14,15). The average molecular weight is 200 g/mol. The third kappa shape index (κ3) is 1.59. The van der Waals surface area contributed by atoms with E-state index in [1.807, 2.05) is 42.5 Å². The molecule has 1 aliphatic rings. The Hall–Kier alpha value is -1.83. The third-order valence-corrected chi connectivity index (χ3v) is 2.64. The van der Waals surface area contributed by atoms with Gasteiger partial charge in [-0.15, -0.1) is 0 Å². The number of aliphatic carboxylic acids is 1. The first-order chi connectivity index (χ1) is 7.26. The molecule has 0 unspecified atom stereocenters. The molecule has 0 amide bonds. The number of hydrogen-bond acceptors (Lipinski definition) is 1.